The zero-order valence-electron chi connectivity index (χ0n) is 11.9. The van der Waals surface area contributed by atoms with Crippen molar-refractivity contribution in [2.75, 3.05) is 0 Å². The van der Waals surface area contributed by atoms with Crippen molar-refractivity contribution in [3.63, 3.8) is 0 Å². The smallest absolute Gasteiger partial charge is 0.268 e. The van der Waals surface area contributed by atoms with Crippen LogP contribution in [0.5, 0.6) is 0 Å². The molecule has 4 aliphatic rings. The van der Waals surface area contributed by atoms with E-state index in [-0.39, 0.29) is 5.56 Å². The lowest BCUT2D eigenvalue weighted by molar-refractivity contribution is -0.0311. The second-order valence-corrected chi connectivity index (χ2v) is 7.10. The molecule has 4 aliphatic carbocycles. The van der Waals surface area contributed by atoms with Gasteiger partial charge in [0, 0.05) is 11.7 Å². The lowest BCUT2D eigenvalue weighted by Crippen LogP contribution is -2.48. The predicted molar refractivity (Wildman–Crippen MR) is 76.2 cm³/mol. The maximum absolute atomic E-state index is 12.6. The normalized spacial score (nSPS) is 37.9. The van der Waals surface area contributed by atoms with E-state index in [1.807, 2.05) is 17.6 Å². The molecule has 4 bridgehead atoms. The lowest BCUT2D eigenvalue weighted by Gasteiger charge is -2.55. The minimum absolute atomic E-state index is 0.0648. The van der Waals surface area contributed by atoms with Crippen LogP contribution in [0.2, 0.25) is 0 Å². The van der Waals surface area contributed by atoms with Gasteiger partial charge in [-0.05, 0) is 74.8 Å². The average molecular weight is 268 g/mol. The van der Waals surface area contributed by atoms with Crippen LogP contribution in [0.4, 0.5) is 0 Å². The van der Waals surface area contributed by atoms with E-state index in [0.29, 0.717) is 23.4 Å². The quantitative estimate of drug-likeness (QED) is 0.786. The summed E-state index contributed by atoms with van der Waals surface area (Å²) in [7, 11) is 0. The predicted octanol–water partition coefficient (Wildman–Crippen LogP) is 3.03. The van der Waals surface area contributed by atoms with E-state index in [1.54, 1.807) is 6.07 Å². The second kappa shape index (κ2) is 4.22. The van der Waals surface area contributed by atoms with Gasteiger partial charge in [-0.1, -0.05) is 0 Å². The van der Waals surface area contributed by atoms with Crippen LogP contribution in [0.1, 0.15) is 49.4 Å². The molecule has 1 heterocycles. The van der Waals surface area contributed by atoms with Gasteiger partial charge in [0.1, 0.15) is 11.6 Å². The van der Waals surface area contributed by atoms with Crippen molar-refractivity contribution in [2.24, 2.45) is 23.7 Å². The van der Waals surface area contributed by atoms with Gasteiger partial charge in [0.25, 0.3) is 5.56 Å². The topological polar surface area (TPSA) is 45.8 Å². The Morgan fingerprint density at radius 2 is 1.70 bits per heavy atom. The van der Waals surface area contributed by atoms with Crippen molar-refractivity contribution in [3.05, 3.63) is 33.7 Å². The van der Waals surface area contributed by atoms with Gasteiger partial charge in [0.05, 0.1) is 0 Å². The van der Waals surface area contributed by atoms with Gasteiger partial charge in [-0.15, -0.1) is 0 Å². The minimum atomic E-state index is -0.0648. The summed E-state index contributed by atoms with van der Waals surface area (Å²) in [6.45, 7) is 2.01. The Morgan fingerprint density at radius 1 is 1.10 bits per heavy atom. The number of aromatic nitrogens is 1. The summed E-state index contributed by atoms with van der Waals surface area (Å²) in [5.74, 6) is 3.14. The Hall–Kier alpha value is -1.56. The highest BCUT2D eigenvalue weighted by atomic mass is 16.1. The van der Waals surface area contributed by atoms with Crippen molar-refractivity contribution in [2.45, 2.75) is 45.1 Å². The molecule has 104 valence electrons. The van der Waals surface area contributed by atoms with E-state index in [0.717, 1.165) is 17.5 Å². The molecule has 4 saturated carbocycles. The molecular formula is C17H20N2O. The first kappa shape index (κ1) is 12.2. The fraction of sp³-hybridized carbons (Fsp3) is 0.647. The number of hydrogen-bond donors (Lipinski definition) is 0. The molecule has 4 fully saturated rings. The van der Waals surface area contributed by atoms with Crippen LogP contribution in [-0.2, 0) is 0 Å². The highest BCUT2D eigenvalue weighted by Crippen LogP contribution is 2.58. The molecule has 20 heavy (non-hydrogen) atoms. The largest absolute Gasteiger partial charge is 0.308 e. The molecule has 3 heteroatoms. The highest BCUT2D eigenvalue weighted by Gasteiger charge is 2.49. The number of nitrogens with zero attached hydrogens (tertiary/aromatic N) is 2. The van der Waals surface area contributed by atoms with Crippen molar-refractivity contribution < 1.29 is 0 Å². The van der Waals surface area contributed by atoms with Crippen LogP contribution in [0.25, 0.3) is 0 Å². The summed E-state index contributed by atoms with van der Waals surface area (Å²) in [5, 5.41) is 9.12. The molecule has 3 nitrogen and oxygen atoms in total. The van der Waals surface area contributed by atoms with Gasteiger partial charge in [-0.2, -0.15) is 5.26 Å². The summed E-state index contributed by atoms with van der Waals surface area (Å²) in [4.78, 5) is 12.6. The number of nitriles is 1. The number of aryl methyl sites for hydroxylation is 1. The number of rotatable bonds is 1. The standard InChI is InChI=1S/C17H20N2O/c1-10-2-3-13(9-18)17(20)19(10)16-14-5-11-4-12(7-14)8-15(16)6-11/h2-3,11-12,14-16H,4-8H2,1H3. The molecule has 0 amide bonds. The van der Waals surface area contributed by atoms with Crippen LogP contribution >= 0.6 is 0 Å². The number of hydrogen-bond acceptors (Lipinski definition) is 2. The monoisotopic (exact) mass is 268 g/mol. The highest BCUT2D eigenvalue weighted by molar-refractivity contribution is 5.28. The summed E-state index contributed by atoms with van der Waals surface area (Å²) in [5.41, 5.74) is 1.25. The van der Waals surface area contributed by atoms with Crippen molar-refractivity contribution in [3.8, 4) is 6.07 Å². The van der Waals surface area contributed by atoms with E-state index in [9.17, 15) is 4.79 Å². The SMILES string of the molecule is Cc1ccc(C#N)c(=O)n1C1C2CC3CC(C2)CC1C3. The van der Waals surface area contributed by atoms with E-state index < -0.39 is 0 Å². The van der Waals surface area contributed by atoms with E-state index >= 15 is 0 Å². The molecule has 1 aromatic heterocycles. The molecule has 0 unspecified atom stereocenters. The third-order valence-electron chi connectivity index (χ3n) is 5.92. The molecule has 0 saturated heterocycles. The number of pyridine rings is 1. The van der Waals surface area contributed by atoms with Gasteiger partial charge in [-0.3, -0.25) is 4.79 Å². The van der Waals surface area contributed by atoms with Gasteiger partial charge in [-0.25, -0.2) is 0 Å². The Bertz CT molecular complexity index is 624. The van der Waals surface area contributed by atoms with E-state index in [1.165, 1.54) is 32.1 Å². The molecular weight excluding hydrogens is 248 g/mol. The van der Waals surface area contributed by atoms with Gasteiger partial charge in [0.2, 0.25) is 0 Å². The lowest BCUT2D eigenvalue weighted by atomic mass is 9.54. The molecule has 1 aromatic rings. The van der Waals surface area contributed by atoms with Crippen molar-refractivity contribution in [1.29, 1.82) is 5.26 Å². The molecule has 0 radical (unpaired) electrons. The van der Waals surface area contributed by atoms with Gasteiger partial charge in [0.15, 0.2) is 0 Å². The van der Waals surface area contributed by atoms with E-state index in [4.69, 9.17) is 5.26 Å². The van der Waals surface area contributed by atoms with Crippen LogP contribution in [0.15, 0.2) is 16.9 Å². The average Bonchev–Trinajstić information content (AvgIpc) is 2.41. The Labute approximate surface area is 119 Å². The Balaban J connectivity index is 1.82. The summed E-state index contributed by atoms with van der Waals surface area (Å²) in [6.07, 6.45) is 6.59. The maximum atomic E-state index is 12.6. The minimum Gasteiger partial charge on any atom is -0.308 e. The Kier molecular flexibility index (Phi) is 2.57. The van der Waals surface area contributed by atoms with Crippen LogP contribution < -0.4 is 5.56 Å². The first-order valence-electron chi connectivity index (χ1n) is 7.79. The summed E-state index contributed by atoms with van der Waals surface area (Å²) < 4.78 is 1.96. The summed E-state index contributed by atoms with van der Waals surface area (Å²) >= 11 is 0. The molecule has 0 aliphatic heterocycles. The van der Waals surface area contributed by atoms with Gasteiger partial charge < -0.3 is 4.57 Å². The third-order valence-corrected chi connectivity index (χ3v) is 5.92. The molecule has 0 N–H and O–H groups in total. The van der Waals surface area contributed by atoms with Gasteiger partial charge >= 0.3 is 0 Å². The molecule has 0 spiro atoms. The third kappa shape index (κ3) is 1.60. The maximum Gasteiger partial charge on any atom is 0.268 e. The van der Waals surface area contributed by atoms with E-state index in [2.05, 4.69) is 6.07 Å². The van der Waals surface area contributed by atoms with Crippen molar-refractivity contribution >= 4 is 0 Å². The second-order valence-electron chi connectivity index (χ2n) is 7.10. The van der Waals surface area contributed by atoms with Crippen LogP contribution in [0, 0.1) is 41.9 Å². The van der Waals surface area contributed by atoms with Crippen molar-refractivity contribution in [1.82, 2.24) is 4.57 Å². The molecule has 5 rings (SSSR count). The fourth-order valence-corrected chi connectivity index (χ4v) is 5.42. The molecule has 0 atom stereocenters. The fourth-order valence-electron chi connectivity index (χ4n) is 5.42. The van der Waals surface area contributed by atoms with Crippen LogP contribution in [-0.4, -0.2) is 4.57 Å². The van der Waals surface area contributed by atoms with Crippen LogP contribution in [0.3, 0.4) is 0 Å². The Morgan fingerprint density at radius 3 is 2.25 bits per heavy atom. The first-order chi connectivity index (χ1) is 9.67. The first-order valence-corrected chi connectivity index (χ1v) is 7.79. The zero-order valence-corrected chi connectivity index (χ0v) is 11.9. The molecule has 0 aromatic carbocycles. The summed E-state index contributed by atoms with van der Waals surface area (Å²) in [6, 6.07) is 6.01. The zero-order chi connectivity index (χ0) is 13.9.